The smallest absolute Gasteiger partial charge is 0.234 e. The van der Waals surface area contributed by atoms with Crippen molar-refractivity contribution in [3.8, 4) is 5.75 Å². The van der Waals surface area contributed by atoms with Crippen LogP contribution in [0.1, 0.15) is 25.0 Å². The van der Waals surface area contributed by atoms with E-state index in [-0.39, 0.29) is 5.91 Å². The Bertz CT molecular complexity index is 678. The lowest BCUT2D eigenvalue weighted by Crippen LogP contribution is -2.34. The van der Waals surface area contributed by atoms with Crippen LogP contribution in [-0.4, -0.2) is 13.0 Å². The first-order valence-corrected chi connectivity index (χ1v) is 7.86. The molecule has 4 heteroatoms. The van der Waals surface area contributed by atoms with Gasteiger partial charge in [-0.15, -0.1) is 0 Å². The average Bonchev–Trinajstić information content (AvgIpc) is 2.50. The molecule has 0 aliphatic heterocycles. The molecule has 1 N–H and O–H groups in total. The number of halogens is 1. The second-order valence-electron chi connectivity index (χ2n) is 5.79. The number of ether oxygens (including phenoxy) is 1. The number of hydrogen-bond donors (Lipinski definition) is 1. The number of aryl methyl sites for hydroxylation is 1. The summed E-state index contributed by atoms with van der Waals surface area (Å²) < 4.78 is 6.04. The first kappa shape index (κ1) is 16.6. The molecule has 2 aromatic carbocycles. The molecular formula is C18H20BrNO2. The van der Waals surface area contributed by atoms with Crippen molar-refractivity contribution in [3.05, 3.63) is 58.1 Å². The number of benzene rings is 2. The van der Waals surface area contributed by atoms with Gasteiger partial charge in [0.25, 0.3) is 0 Å². The topological polar surface area (TPSA) is 38.3 Å². The SMILES string of the molecule is COc1ccc(C(C)(C)C(=O)Nc2ccc(C)cc2Br)cc1. The van der Waals surface area contributed by atoms with E-state index in [1.165, 1.54) is 0 Å². The summed E-state index contributed by atoms with van der Waals surface area (Å²) in [5, 5.41) is 2.99. The highest BCUT2D eigenvalue weighted by Crippen LogP contribution is 2.29. The van der Waals surface area contributed by atoms with Gasteiger partial charge in [0.1, 0.15) is 5.75 Å². The summed E-state index contributed by atoms with van der Waals surface area (Å²) in [5.41, 5.74) is 2.21. The van der Waals surface area contributed by atoms with Gasteiger partial charge in [-0.3, -0.25) is 4.79 Å². The summed E-state index contributed by atoms with van der Waals surface area (Å²) in [4.78, 5) is 12.7. The molecule has 1 amide bonds. The minimum Gasteiger partial charge on any atom is -0.497 e. The Kier molecular flexibility index (Phi) is 4.91. The third-order valence-electron chi connectivity index (χ3n) is 3.75. The molecule has 0 heterocycles. The van der Waals surface area contributed by atoms with Crippen LogP contribution in [0.4, 0.5) is 5.69 Å². The van der Waals surface area contributed by atoms with E-state index in [2.05, 4.69) is 21.2 Å². The van der Waals surface area contributed by atoms with Crippen LogP contribution in [0.5, 0.6) is 5.75 Å². The second kappa shape index (κ2) is 6.53. The molecule has 0 atom stereocenters. The van der Waals surface area contributed by atoms with Crippen molar-refractivity contribution in [1.82, 2.24) is 0 Å². The number of methoxy groups -OCH3 is 1. The van der Waals surface area contributed by atoms with Crippen LogP contribution in [0.15, 0.2) is 46.9 Å². The van der Waals surface area contributed by atoms with E-state index in [9.17, 15) is 4.79 Å². The maximum absolute atomic E-state index is 12.7. The molecule has 0 spiro atoms. The average molecular weight is 362 g/mol. The molecule has 2 aromatic rings. The van der Waals surface area contributed by atoms with E-state index in [1.54, 1.807) is 7.11 Å². The van der Waals surface area contributed by atoms with Gasteiger partial charge in [0.2, 0.25) is 5.91 Å². The summed E-state index contributed by atoms with van der Waals surface area (Å²) in [6.45, 7) is 5.83. The zero-order chi connectivity index (χ0) is 16.3. The molecule has 0 aromatic heterocycles. The highest BCUT2D eigenvalue weighted by Gasteiger charge is 2.30. The zero-order valence-corrected chi connectivity index (χ0v) is 14.8. The van der Waals surface area contributed by atoms with E-state index >= 15 is 0 Å². The van der Waals surface area contributed by atoms with Crippen molar-refractivity contribution in [2.75, 3.05) is 12.4 Å². The molecule has 22 heavy (non-hydrogen) atoms. The second-order valence-corrected chi connectivity index (χ2v) is 6.65. The molecule has 0 bridgehead atoms. The Labute approximate surface area is 139 Å². The summed E-state index contributed by atoms with van der Waals surface area (Å²) in [6, 6.07) is 13.4. The normalized spacial score (nSPS) is 11.1. The predicted octanol–water partition coefficient (Wildman–Crippen LogP) is 4.68. The highest BCUT2D eigenvalue weighted by molar-refractivity contribution is 9.10. The van der Waals surface area contributed by atoms with Crippen molar-refractivity contribution < 1.29 is 9.53 Å². The van der Waals surface area contributed by atoms with Crippen LogP contribution >= 0.6 is 15.9 Å². The molecular weight excluding hydrogens is 342 g/mol. The van der Waals surface area contributed by atoms with E-state index in [4.69, 9.17) is 4.74 Å². The fraction of sp³-hybridized carbons (Fsp3) is 0.278. The first-order valence-electron chi connectivity index (χ1n) is 7.06. The van der Waals surface area contributed by atoms with Crippen LogP contribution in [-0.2, 0) is 10.2 Å². The van der Waals surface area contributed by atoms with Gasteiger partial charge in [0.05, 0.1) is 18.2 Å². The third kappa shape index (κ3) is 3.50. The fourth-order valence-corrected chi connectivity index (χ4v) is 2.73. The van der Waals surface area contributed by atoms with Gasteiger partial charge in [-0.05, 0) is 72.1 Å². The van der Waals surface area contributed by atoms with Crippen molar-refractivity contribution in [2.24, 2.45) is 0 Å². The highest BCUT2D eigenvalue weighted by atomic mass is 79.9. The third-order valence-corrected chi connectivity index (χ3v) is 4.41. The summed E-state index contributed by atoms with van der Waals surface area (Å²) in [6.07, 6.45) is 0. The lowest BCUT2D eigenvalue weighted by Gasteiger charge is -2.24. The molecule has 2 rings (SSSR count). The number of rotatable bonds is 4. The summed E-state index contributed by atoms with van der Waals surface area (Å²) in [7, 11) is 1.63. The number of carbonyl (C=O) groups excluding carboxylic acids is 1. The van der Waals surface area contributed by atoms with Crippen LogP contribution < -0.4 is 10.1 Å². The lowest BCUT2D eigenvalue weighted by atomic mass is 9.83. The van der Waals surface area contributed by atoms with Crippen molar-refractivity contribution in [1.29, 1.82) is 0 Å². The monoisotopic (exact) mass is 361 g/mol. The van der Waals surface area contributed by atoms with Crippen molar-refractivity contribution >= 4 is 27.5 Å². The van der Waals surface area contributed by atoms with Gasteiger partial charge >= 0.3 is 0 Å². The fourth-order valence-electron chi connectivity index (χ4n) is 2.14. The maximum atomic E-state index is 12.7. The van der Waals surface area contributed by atoms with Gasteiger partial charge in [0.15, 0.2) is 0 Å². The van der Waals surface area contributed by atoms with Gasteiger partial charge in [-0.25, -0.2) is 0 Å². The Morgan fingerprint density at radius 3 is 2.32 bits per heavy atom. The number of nitrogens with one attached hydrogen (secondary N) is 1. The molecule has 0 aliphatic rings. The zero-order valence-electron chi connectivity index (χ0n) is 13.2. The van der Waals surface area contributed by atoms with E-state index in [1.807, 2.05) is 63.2 Å². The minimum atomic E-state index is -0.642. The Hall–Kier alpha value is -1.81. The summed E-state index contributed by atoms with van der Waals surface area (Å²) in [5.74, 6) is 0.725. The van der Waals surface area contributed by atoms with E-state index in [0.717, 1.165) is 27.0 Å². The molecule has 0 radical (unpaired) electrons. The minimum absolute atomic E-state index is 0.0535. The van der Waals surface area contributed by atoms with Gasteiger partial charge in [-0.2, -0.15) is 0 Å². The Morgan fingerprint density at radius 2 is 1.77 bits per heavy atom. The molecule has 0 saturated heterocycles. The number of amides is 1. The molecule has 116 valence electrons. The molecule has 0 saturated carbocycles. The predicted molar refractivity (Wildman–Crippen MR) is 93.5 cm³/mol. The number of carbonyl (C=O) groups is 1. The number of anilines is 1. The van der Waals surface area contributed by atoms with Crippen LogP contribution in [0, 0.1) is 6.92 Å². The van der Waals surface area contributed by atoms with Gasteiger partial charge in [0, 0.05) is 4.47 Å². The van der Waals surface area contributed by atoms with Crippen molar-refractivity contribution in [3.63, 3.8) is 0 Å². The van der Waals surface area contributed by atoms with Crippen LogP contribution in [0.2, 0.25) is 0 Å². The summed E-state index contributed by atoms with van der Waals surface area (Å²) >= 11 is 3.49. The Morgan fingerprint density at radius 1 is 1.14 bits per heavy atom. The first-order chi connectivity index (χ1) is 10.3. The van der Waals surface area contributed by atoms with Gasteiger partial charge < -0.3 is 10.1 Å². The largest absolute Gasteiger partial charge is 0.497 e. The molecule has 0 aliphatic carbocycles. The standard InChI is InChI=1S/C18H20BrNO2/c1-12-5-10-16(15(19)11-12)20-17(21)18(2,3)13-6-8-14(22-4)9-7-13/h5-11H,1-4H3,(H,20,21). The van der Waals surface area contributed by atoms with Crippen LogP contribution in [0.25, 0.3) is 0 Å². The van der Waals surface area contributed by atoms with E-state index < -0.39 is 5.41 Å². The quantitative estimate of drug-likeness (QED) is 0.858. The van der Waals surface area contributed by atoms with Crippen molar-refractivity contribution in [2.45, 2.75) is 26.2 Å². The number of hydrogen-bond acceptors (Lipinski definition) is 2. The molecule has 0 unspecified atom stereocenters. The van der Waals surface area contributed by atoms with Gasteiger partial charge in [-0.1, -0.05) is 18.2 Å². The molecule has 0 fully saturated rings. The lowest BCUT2D eigenvalue weighted by molar-refractivity contribution is -0.120. The molecule has 3 nitrogen and oxygen atoms in total. The van der Waals surface area contributed by atoms with Crippen LogP contribution in [0.3, 0.4) is 0 Å². The Balaban J connectivity index is 2.22. The van der Waals surface area contributed by atoms with E-state index in [0.29, 0.717) is 0 Å². The maximum Gasteiger partial charge on any atom is 0.234 e.